The van der Waals surface area contributed by atoms with Crippen LogP contribution in [-0.4, -0.2) is 63.8 Å². The van der Waals surface area contributed by atoms with Gasteiger partial charge in [-0.3, -0.25) is 0 Å². The number of terminal acetylenes is 2. The van der Waals surface area contributed by atoms with E-state index in [9.17, 15) is 9.59 Å². The van der Waals surface area contributed by atoms with Crippen LogP contribution in [0.15, 0.2) is 121 Å². The standard InChI is InChI=1S/C46H42O10/c1-7-22-49-37-20-18-33-12-9-16-43(41(33)25-37)53-29-39(55-45(47)31(3)4)27-51-35-14-11-15-36(24-35)52-28-40(56-46(48)32(5)6)30-54-44-17-10-13-34-19-21-38(26-42(34)44)50-23-8-2/h1-2,9-21,24-26,39-40H,3,5,22-23,27-30H2,4,6H3. The summed E-state index contributed by atoms with van der Waals surface area (Å²) in [7, 11) is 0. The van der Waals surface area contributed by atoms with E-state index in [4.69, 9.17) is 50.7 Å². The van der Waals surface area contributed by atoms with E-state index in [0.29, 0.717) is 34.5 Å². The van der Waals surface area contributed by atoms with Gasteiger partial charge in [-0.2, -0.15) is 0 Å². The fourth-order valence-corrected chi connectivity index (χ4v) is 5.26. The number of hydrogen-bond acceptors (Lipinski definition) is 10. The van der Waals surface area contributed by atoms with Crippen molar-refractivity contribution in [3.63, 3.8) is 0 Å². The molecule has 10 heteroatoms. The fraction of sp³-hybridized carbons (Fsp3) is 0.217. The topological polar surface area (TPSA) is 108 Å². The maximum absolute atomic E-state index is 12.6. The second-order valence-corrected chi connectivity index (χ2v) is 12.6. The van der Waals surface area contributed by atoms with E-state index in [1.807, 2.05) is 72.8 Å². The molecule has 286 valence electrons. The van der Waals surface area contributed by atoms with Crippen LogP contribution in [0.2, 0.25) is 0 Å². The smallest absolute Gasteiger partial charge is 0.333 e. The molecule has 5 aromatic rings. The van der Waals surface area contributed by atoms with Crippen LogP contribution in [0.5, 0.6) is 34.5 Å². The monoisotopic (exact) mass is 754 g/mol. The number of esters is 2. The molecule has 0 radical (unpaired) electrons. The van der Waals surface area contributed by atoms with Crippen molar-refractivity contribution in [1.82, 2.24) is 0 Å². The van der Waals surface area contributed by atoms with Crippen LogP contribution in [0.4, 0.5) is 0 Å². The lowest BCUT2D eigenvalue weighted by molar-refractivity contribution is -0.148. The van der Waals surface area contributed by atoms with Gasteiger partial charge in [0, 0.05) is 28.0 Å². The average Bonchev–Trinajstić information content (AvgIpc) is 3.20. The van der Waals surface area contributed by atoms with Crippen LogP contribution in [0.3, 0.4) is 0 Å². The molecule has 0 saturated carbocycles. The largest absolute Gasteiger partial charge is 0.489 e. The van der Waals surface area contributed by atoms with Crippen LogP contribution < -0.4 is 28.4 Å². The van der Waals surface area contributed by atoms with E-state index in [2.05, 4.69) is 25.0 Å². The molecule has 56 heavy (non-hydrogen) atoms. The molecule has 0 aromatic heterocycles. The van der Waals surface area contributed by atoms with Gasteiger partial charge in [-0.1, -0.05) is 67.5 Å². The zero-order valence-electron chi connectivity index (χ0n) is 31.3. The number of fused-ring (bicyclic) bond motifs is 2. The molecule has 2 atom stereocenters. The van der Waals surface area contributed by atoms with E-state index < -0.39 is 24.1 Å². The molecule has 0 N–H and O–H groups in total. The van der Waals surface area contributed by atoms with Crippen molar-refractivity contribution in [3.8, 4) is 59.2 Å². The lowest BCUT2D eigenvalue weighted by Gasteiger charge is -2.21. The van der Waals surface area contributed by atoms with Crippen LogP contribution >= 0.6 is 0 Å². The SMILES string of the molecule is C#CCOc1ccc2cccc(OCC(COc3cccc(OCC(COc4cccc5ccc(OCC#C)cc45)OC(=O)C(=C)C)c3)OC(=O)C(=C)C)c2c1. The van der Waals surface area contributed by atoms with E-state index >= 15 is 0 Å². The van der Waals surface area contributed by atoms with E-state index in [1.165, 1.54) is 0 Å². The zero-order valence-corrected chi connectivity index (χ0v) is 31.3. The van der Waals surface area contributed by atoms with Crippen molar-refractivity contribution < 1.29 is 47.5 Å². The van der Waals surface area contributed by atoms with Crippen molar-refractivity contribution in [2.75, 3.05) is 39.6 Å². The van der Waals surface area contributed by atoms with E-state index in [1.54, 1.807) is 38.1 Å². The fourth-order valence-electron chi connectivity index (χ4n) is 5.26. The molecule has 0 heterocycles. The first-order valence-corrected chi connectivity index (χ1v) is 17.7. The summed E-state index contributed by atoms with van der Waals surface area (Å²) in [4.78, 5) is 25.1. The van der Waals surface area contributed by atoms with Gasteiger partial charge in [0.2, 0.25) is 0 Å². The molecule has 5 rings (SSSR count). The molecule has 5 aromatic carbocycles. The van der Waals surface area contributed by atoms with Crippen LogP contribution in [-0.2, 0) is 19.1 Å². The molecule has 0 fully saturated rings. The van der Waals surface area contributed by atoms with Crippen molar-refractivity contribution in [3.05, 3.63) is 121 Å². The predicted octanol–water partition coefficient (Wildman–Crippen LogP) is 7.91. The molecular weight excluding hydrogens is 712 g/mol. The first-order valence-electron chi connectivity index (χ1n) is 17.7. The highest BCUT2D eigenvalue weighted by Gasteiger charge is 2.20. The number of rotatable bonds is 20. The number of carbonyl (C=O) groups is 2. The molecule has 0 aliphatic carbocycles. The van der Waals surface area contributed by atoms with Crippen molar-refractivity contribution in [2.24, 2.45) is 0 Å². The molecule has 0 spiro atoms. The summed E-state index contributed by atoms with van der Waals surface area (Å²) in [5.74, 6) is 6.94. The molecule has 0 aliphatic heterocycles. The average molecular weight is 755 g/mol. The highest BCUT2D eigenvalue weighted by Crippen LogP contribution is 2.31. The zero-order chi connectivity index (χ0) is 39.9. The Bertz CT molecular complexity index is 2120. The molecule has 0 aliphatic rings. The van der Waals surface area contributed by atoms with Crippen LogP contribution in [0.25, 0.3) is 21.5 Å². The summed E-state index contributed by atoms with van der Waals surface area (Å²) in [6, 6.07) is 29.3. The predicted molar refractivity (Wildman–Crippen MR) is 214 cm³/mol. The summed E-state index contributed by atoms with van der Waals surface area (Å²) in [6.45, 7) is 10.6. The first kappa shape index (κ1) is 40.2. The van der Waals surface area contributed by atoms with Crippen LogP contribution in [0.1, 0.15) is 13.8 Å². The molecule has 0 amide bonds. The number of carbonyl (C=O) groups excluding carboxylic acids is 2. The van der Waals surface area contributed by atoms with Gasteiger partial charge in [-0.25, -0.2) is 9.59 Å². The van der Waals surface area contributed by atoms with Gasteiger partial charge in [-0.15, -0.1) is 12.8 Å². The Morgan fingerprint density at radius 3 is 1.34 bits per heavy atom. The Morgan fingerprint density at radius 2 is 0.929 bits per heavy atom. The second kappa shape index (κ2) is 19.9. The van der Waals surface area contributed by atoms with Gasteiger partial charge in [-0.05, 0) is 73.2 Å². The normalized spacial score (nSPS) is 11.6. The Kier molecular flexibility index (Phi) is 14.2. The molecule has 0 bridgehead atoms. The van der Waals surface area contributed by atoms with Gasteiger partial charge in [0.05, 0.1) is 0 Å². The van der Waals surface area contributed by atoms with Gasteiger partial charge < -0.3 is 37.9 Å². The van der Waals surface area contributed by atoms with E-state index in [0.717, 1.165) is 21.5 Å². The molecule has 10 nitrogen and oxygen atoms in total. The third kappa shape index (κ3) is 11.5. The van der Waals surface area contributed by atoms with Crippen LogP contribution in [0, 0.1) is 24.7 Å². The highest BCUT2D eigenvalue weighted by atomic mass is 16.6. The first-order chi connectivity index (χ1) is 27.1. The summed E-state index contributed by atoms with van der Waals surface area (Å²) in [6.07, 6.45) is 9.09. The van der Waals surface area contributed by atoms with Gasteiger partial charge in [0.25, 0.3) is 0 Å². The lowest BCUT2D eigenvalue weighted by atomic mass is 10.1. The number of ether oxygens (including phenoxy) is 8. The van der Waals surface area contributed by atoms with Crippen molar-refractivity contribution >= 4 is 33.5 Å². The summed E-state index contributed by atoms with van der Waals surface area (Å²) in [5.41, 5.74) is 0.465. The number of benzene rings is 5. The second-order valence-electron chi connectivity index (χ2n) is 12.6. The van der Waals surface area contributed by atoms with E-state index in [-0.39, 0.29) is 50.8 Å². The van der Waals surface area contributed by atoms with Gasteiger partial charge in [0.15, 0.2) is 12.2 Å². The maximum Gasteiger partial charge on any atom is 0.333 e. The highest BCUT2D eigenvalue weighted by molar-refractivity contribution is 5.90. The molecule has 2 unspecified atom stereocenters. The minimum Gasteiger partial charge on any atom is -0.489 e. The third-order valence-corrected chi connectivity index (χ3v) is 8.04. The minimum absolute atomic E-state index is 0.0184. The van der Waals surface area contributed by atoms with Crippen molar-refractivity contribution in [2.45, 2.75) is 26.1 Å². The lowest BCUT2D eigenvalue weighted by Crippen LogP contribution is -2.31. The third-order valence-electron chi connectivity index (χ3n) is 8.04. The molecule has 0 saturated heterocycles. The van der Waals surface area contributed by atoms with Gasteiger partial charge >= 0.3 is 11.9 Å². The Labute approximate surface area is 326 Å². The number of hydrogen-bond donors (Lipinski definition) is 0. The summed E-state index contributed by atoms with van der Waals surface area (Å²) in [5, 5.41) is 3.45. The quantitative estimate of drug-likeness (QED) is 0.0442. The summed E-state index contributed by atoms with van der Waals surface area (Å²) < 4.78 is 47.0. The molecular formula is C46H42O10. The summed E-state index contributed by atoms with van der Waals surface area (Å²) >= 11 is 0. The van der Waals surface area contributed by atoms with Gasteiger partial charge in [0.1, 0.15) is 74.1 Å². The maximum atomic E-state index is 12.6. The Balaban J connectivity index is 1.24. The van der Waals surface area contributed by atoms with Crippen molar-refractivity contribution in [1.29, 1.82) is 0 Å². The Morgan fingerprint density at radius 1 is 0.536 bits per heavy atom. The Hall–Kier alpha value is -7.04. The minimum atomic E-state index is -0.808.